The van der Waals surface area contributed by atoms with Crippen LogP contribution in [0.3, 0.4) is 0 Å². The Morgan fingerprint density at radius 1 is 1.39 bits per heavy atom. The van der Waals surface area contributed by atoms with Crippen LogP contribution in [0.15, 0.2) is 34.7 Å². The largest absolute Gasteiger partial charge is 0.465 e. The lowest BCUT2D eigenvalue weighted by atomic mass is 10.2. The Labute approximate surface area is 109 Å². The topological polar surface area (TPSA) is 42.2 Å². The molecule has 5 heteroatoms. The van der Waals surface area contributed by atoms with Gasteiger partial charge in [-0.05, 0) is 31.2 Å². The third-order valence-electron chi connectivity index (χ3n) is 2.41. The van der Waals surface area contributed by atoms with Crippen LogP contribution in [0.4, 0.5) is 4.39 Å². The first-order valence-corrected chi connectivity index (χ1v) is 5.73. The van der Waals surface area contributed by atoms with E-state index in [4.69, 9.17) is 16.0 Å². The van der Waals surface area contributed by atoms with Crippen molar-refractivity contribution in [3.63, 3.8) is 0 Å². The molecule has 1 N–H and O–H groups in total. The van der Waals surface area contributed by atoms with E-state index < -0.39 is 11.7 Å². The molecule has 3 nitrogen and oxygen atoms in total. The van der Waals surface area contributed by atoms with Crippen molar-refractivity contribution in [2.24, 2.45) is 0 Å². The molecule has 18 heavy (non-hydrogen) atoms. The minimum absolute atomic E-state index is 0.0862. The van der Waals surface area contributed by atoms with E-state index >= 15 is 0 Å². The standard InChI is InChI=1S/C13H11ClFNO2/c1-8-5-6-9(18-8)7-16-13(17)12-10(14)3-2-4-11(12)15/h2-6H,7H2,1H3,(H,16,17). The Morgan fingerprint density at radius 3 is 2.78 bits per heavy atom. The molecule has 0 spiro atoms. The second-order valence-corrected chi connectivity index (χ2v) is 4.20. The van der Waals surface area contributed by atoms with Gasteiger partial charge in [-0.1, -0.05) is 17.7 Å². The zero-order valence-corrected chi connectivity index (χ0v) is 10.4. The Kier molecular flexibility index (Phi) is 3.67. The zero-order valence-electron chi connectivity index (χ0n) is 9.67. The summed E-state index contributed by atoms with van der Waals surface area (Å²) >= 11 is 5.79. The molecule has 94 valence electrons. The van der Waals surface area contributed by atoms with Gasteiger partial charge in [-0.25, -0.2) is 4.39 Å². The highest BCUT2D eigenvalue weighted by atomic mass is 35.5. The first kappa shape index (κ1) is 12.6. The van der Waals surface area contributed by atoms with Crippen molar-refractivity contribution in [2.45, 2.75) is 13.5 Å². The fraction of sp³-hybridized carbons (Fsp3) is 0.154. The number of benzene rings is 1. The van der Waals surface area contributed by atoms with E-state index in [1.807, 2.05) is 0 Å². The van der Waals surface area contributed by atoms with Crippen LogP contribution in [0.1, 0.15) is 21.9 Å². The van der Waals surface area contributed by atoms with Gasteiger partial charge < -0.3 is 9.73 Å². The molecular weight excluding hydrogens is 257 g/mol. The van der Waals surface area contributed by atoms with Gasteiger partial charge in [0.1, 0.15) is 17.3 Å². The maximum absolute atomic E-state index is 13.5. The Balaban J connectivity index is 2.08. The van der Waals surface area contributed by atoms with Crippen LogP contribution in [0.5, 0.6) is 0 Å². The van der Waals surface area contributed by atoms with Crippen molar-refractivity contribution in [3.05, 3.63) is 58.3 Å². The number of rotatable bonds is 3. The lowest BCUT2D eigenvalue weighted by molar-refractivity contribution is 0.0944. The molecule has 0 saturated heterocycles. The number of amides is 1. The number of nitrogens with one attached hydrogen (secondary N) is 1. The number of halogens is 2. The highest BCUT2D eigenvalue weighted by molar-refractivity contribution is 6.33. The van der Waals surface area contributed by atoms with Gasteiger partial charge in [0.15, 0.2) is 0 Å². The minimum atomic E-state index is -0.643. The van der Waals surface area contributed by atoms with Crippen LogP contribution in [0.2, 0.25) is 5.02 Å². The normalized spacial score (nSPS) is 10.4. The summed E-state index contributed by atoms with van der Waals surface area (Å²) in [6, 6.07) is 7.65. The number of aryl methyl sites for hydroxylation is 1. The maximum atomic E-state index is 13.5. The summed E-state index contributed by atoms with van der Waals surface area (Å²) < 4.78 is 18.8. The molecule has 0 saturated carbocycles. The smallest absolute Gasteiger partial charge is 0.256 e. The molecule has 0 radical (unpaired) electrons. The van der Waals surface area contributed by atoms with Crippen LogP contribution in [-0.2, 0) is 6.54 Å². The van der Waals surface area contributed by atoms with Crippen molar-refractivity contribution in [1.29, 1.82) is 0 Å². The predicted octanol–water partition coefficient (Wildman–Crippen LogP) is 3.31. The summed E-state index contributed by atoms with van der Waals surface area (Å²) in [4.78, 5) is 11.8. The number of hydrogen-bond donors (Lipinski definition) is 1. The van der Waals surface area contributed by atoms with Crippen molar-refractivity contribution in [3.8, 4) is 0 Å². The molecule has 0 aliphatic carbocycles. The van der Waals surface area contributed by atoms with Gasteiger partial charge in [0.25, 0.3) is 5.91 Å². The molecule has 0 aliphatic rings. The lowest BCUT2D eigenvalue weighted by Crippen LogP contribution is -2.24. The first-order valence-electron chi connectivity index (χ1n) is 5.35. The van der Waals surface area contributed by atoms with Gasteiger partial charge in [0, 0.05) is 0 Å². The summed E-state index contributed by atoms with van der Waals surface area (Å²) in [6.45, 7) is 2.00. The quantitative estimate of drug-likeness (QED) is 0.927. The molecule has 2 rings (SSSR count). The van der Waals surface area contributed by atoms with E-state index in [-0.39, 0.29) is 17.1 Å². The van der Waals surface area contributed by atoms with E-state index in [9.17, 15) is 9.18 Å². The second-order valence-electron chi connectivity index (χ2n) is 3.79. The Hall–Kier alpha value is -1.81. The van der Waals surface area contributed by atoms with Gasteiger partial charge in [0.05, 0.1) is 17.1 Å². The maximum Gasteiger partial charge on any atom is 0.256 e. The number of carbonyl (C=O) groups is 1. The number of hydrogen-bond acceptors (Lipinski definition) is 2. The molecule has 2 aromatic rings. The van der Waals surface area contributed by atoms with Crippen LogP contribution in [0, 0.1) is 12.7 Å². The van der Waals surface area contributed by atoms with Crippen LogP contribution in [-0.4, -0.2) is 5.91 Å². The molecule has 0 unspecified atom stereocenters. The number of carbonyl (C=O) groups excluding carboxylic acids is 1. The fourth-order valence-electron chi connectivity index (χ4n) is 1.55. The summed E-state index contributed by atoms with van der Waals surface area (Å²) in [5.41, 5.74) is -0.151. The minimum Gasteiger partial charge on any atom is -0.465 e. The van der Waals surface area contributed by atoms with Crippen LogP contribution in [0.25, 0.3) is 0 Å². The number of furan rings is 1. The molecule has 0 bridgehead atoms. The van der Waals surface area contributed by atoms with Gasteiger partial charge in [-0.3, -0.25) is 4.79 Å². The van der Waals surface area contributed by atoms with Gasteiger partial charge in [-0.2, -0.15) is 0 Å². The molecular formula is C13H11ClFNO2. The molecule has 1 amide bonds. The van der Waals surface area contributed by atoms with E-state index in [1.165, 1.54) is 18.2 Å². The average Bonchev–Trinajstić information content (AvgIpc) is 2.72. The molecule has 0 atom stereocenters. The first-order chi connectivity index (χ1) is 8.58. The van der Waals surface area contributed by atoms with Gasteiger partial charge in [-0.15, -0.1) is 0 Å². The van der Waals surface area contributed by atoms with Crippen molar-refractivity contribution >= 4 is 17.5 Å². The van der Waals surface area contributed by atoms with Crippen LogP contribution >= 0.6 is 11.6 Å². The van der Waals surface area contributed by atoms with Crippen molar-refractivity contribution in [2.75, 3.05) is 0 Å². The van der Waals surface area contributed by atoms with Crippen molar-refractivity contribution < 1.29 is 13.6 Å². The third kappa shape index (κ3) is 2.71. The zero-order chi connectivity index (χ0) is 13.1. The third-order valence-corrected chi connectivity index (χ3v) is 2.72. The van der Waals surface area contributed by atoms with Gasteiger partial charge in [0.2, 0.25) is 0 Å². The van der Waals surface area contributed by atoms with Crippen molar-refractivity contribution in [1.82, 2.24) is 5.32 Å². The second kappa shape index (κ2) is 5.23. The Morgan fingerprint density at radius 2 is 2.17 bits per heavy atom. The van der Waals surface area contributed by atoms with E-state index in [1.54, 1.807) is 19.1 Å². The molecule has 0 fully saturated rings. The molecule has 1 heterocycles. The highest BCUT2D eigenvalue weighted by Crippen LogP contribution is 2.18. The summed E-state index contributed by atoms with van der Waals surface area (Å²) in [5, 5.41) is 2.64. The SMILES string of the molecule is Cc1ccc(CNC(=O)c2c(F)cccc2Cl)o1. The summed E-state index contributed by atoms with van der Waals surface area (Å²) in [7, 11) is 0. The summed E-state index contributed by atoms with van der Waals surface area (Å²) in [5.74, 6) is 0.152. The molecule has 1 aromatic heterocycles. The van der Waals surface area contributed by atoms with Gasteiger partial charge >= 0.3 is 0 Å². The Bertz CT molecular complexity index is 560. The van der Waals surface area contributed by atoms with Crippen LogP contribution < -0.4 is 5.32 Å². The molecule has 0 aliphatic heterocycles. The molecule has 1 aromatic carbocycles. The highest BCUT2D eigenvalue weighted by Gasteiger charge is 2.15. The average molecular weight is 268 g/mol. The van der Waals surface area contributed by atoms with E-state index in [0.717, 1.165) is 5.76 Å². The fourth-order valence-corrected chi connectivity index (χ4v) is 1.80. The lowest BCUT2D eigenvalue weighted by Gasteiger charge is -2.06. The predicted molar refractivity (Wildman–Crippen MR) is 66.0 cm³/mol. The monoisotopic (exact) mass is 267 g/mol. The van der Waals surface area contributed by atoms with E-state index in [0.29, 0.717) is 5.76 Å². The summed E-state index contributed by atoms with van der Waals surface area (Å²) in [6.07, 6.45) is 0. The van der Waals surface area contributed by atoms with E-state index in [2.05, 4.69) is 5.32 Å².